The lowest BCUT2D eigenvalue weighted by atomic mass is 10.1. The van der Waals surface area contributed by atoms with Crippen molar-refractivity contribution < 1.29 is 5.11 Å². The number of aromatic nitrogens is 1. The van der Waals surface area contributed by atoms with Crippen LogP contribution in [-0.4, -0.2) is 15.9 Å². The van der Waals surface area contributed by atoms with E-state index >= 15 is 0 Å². The molecule has 1 heterocycles. The van der Waals surface area contributed by atoms with Crippen LogP contribution >= 0.6 is 0 Å². The zero-order chi connectivity index (χ0) is 16.4. The van der Waals surface area contributed by atoms with Gasteiger partial charge in [0.05, 0.1) is 11.2 Å². The zero-order valence-electron chi connectivity index (χ0n) is 13.2. The Labute approximate surface area is 134 Å². The monoisotopic (exact) mass is 306 g/mol. The fourth-order valence-corrected chi connectivity index (χ4v) is 2.61. The molecule has 3 rings (SSSR count). The van der Waals surface area contributed by atoms with Crippen LogP contribution in [0.5, 0.6) is 5.75 Å². The smallest absolute Gasteiger partial charge is 0.263 e. The number of hydrogen-bond acceptors (Lipinski definition) is 3. The molecule has 0 aliphatic heterocycles. The molecule has 0 bridgehead atoms. The fraction of sp³-hybridized carbons (Fsp3) is 0.158. The predicted octanol–water partition coefficient (Wildman–Crippen LogP) is 3.79. The van der Waals surface area contributed by atoms with Crippen LogP contribution in [0.1, 0.15) is 18.1 Å². The number of nitrogens with zero attached hydrogens (tertiary/aromatic N) is 2. The first-order valence-electron chi connectivity index (χ1n) is 7.57. The summed E-state index contributed by atoms with van der Waals surface area (Å²) in [7, 11) is 0. The van der Waals surface area contributed by atoms with Crippen LogP contribution in [0.2, 0.25) is 0 Å². The maximum Gasteiger partial charge on any atom is 0.263 e. The first kappa shape index (κ1) is 15.0. The van der Waals surface area contributed by atoms with Gasteiger partial charge in [0.2, 0.25) is 0 Å². The average molecular weight is 306 g/mol. The number of rotatable bonds is 3. The topological polar surface area (TPSA) is 54.6 Å². The molecule has 1 aromatic heterocycles. The highest BCUT2D eigenvalue weighted by Gasteiger charge is 2.13. The van der Waals surface area contributed by atoms with Crippen LogP contribution in [0.25, 0.3) is 10.9 Å². The van der Waals surface area contributed by atoms with Crippen molar-refractivity contribution in [2.24, 2.45) is 4.99 Å². The molecule has 2 aromatic carbocycles. The summed E-state index contributed by atoms with van der Waals surface area (Å²) in [4.78, 5) is 16.9. The number of fused-ring (bicyclic) bond motifs is 1. The van der Waals surface area contributed by atoms with Crippen LogP contribution in [0.3, 0.4) is 0 Å². The summed E-state index contributed by atoms with van der Waals surface area (Å²) in [5, 5.41) is 11.1. The summed E-state index contributed by atoms with van der Waals surface area (Å²) >= 11 is 0. The van der Waals surface area contributed by atoms with Gasteiger partial charge in [0.25, 0.3) is 5.56 Å². The van der Waals surface area contributed by atoms with Gasteiger partial charge in [-0.25, -0.2) is 0 Å². The van der Waals surface area contributed by atoms with Gasteiger partial charge in [-0.1, -0.05) is 29.8 Å². The van der Waals surface area contributed by atoms with E-state index in [1.807, 2.05) is 56.3 Å². The molecule has 0 saturated heterocycles. The van der Waals surface area contributed by atoms with Crippen molar-refractivity contribution in [2.75, 3.05) is 0 Å². The summed E-state index contributed by atoms with van der Waals surface area (Å²) in [6.45, 7) is 4.44. The highest BCUT2D eigenvalue weighted by atomic mass is 16.3. The van der Waals surface area contributed by atoms with Gasteiger partial charge in [-0.05, 0) is 38.1 Å². The minimum Gasteiger partial charge on any atom is -0.506 e. The molecular formula is C19H18N2O2. The Kier molecular flexibility index (Phi) is 3.98. The molecular weight excluding hydrogens is 288 g/mol. The van der Waals surface area contributed by atoms with Crippen molar-refractivity contribution in [2.45, 2.75) is 20.4 Å². The summed E-state index contributed by atoms with van der Waals surface area (Å²) in [5.74, 6) is -0.0221. The third-order valence-corrected chi connectivity index (χ3v) is 3.87. The van der Waals surface area contributed by atoms with Crippen molar-refractivity contribution in [3.63, 3.8) is 0 Å². The van der Waals surface area contributed by atoms with Crippen molar-refractivity contribution >= 4 is 22.8 Å². The molecule has 0 radical (unpaired) electrons. The number of hydrogen-bond donors (Lipinski definition) is 1. The minimum atomic E-state index is -0.237. The van der Waals surface area contributed by atoms with Crippen molar-refractivity contribution in [1.82, 2.24) is 4.57 Å². The fourth-order valence-electron chi connectivity index (χ4n) is 2.61. The first-order chi connectivity index (χ1) is 11.1. The predicted molar refractivity (Wildman–Crippen MR) is 94.0 cm³/mol. The summed E-state index contributed by atoms with van der Waals surface area (Å²) < 4.78 is 1.64. The van der Waals surface area contributed by atoms with E-state index in [9.17, 15) is 9.90 Å². The molecule has 0 atom stereocenters. The van der Waals surface area contributed by atoms with Crippen LogP contribution in [0.15, 0.2) is 58.3 Å². The molecule has 0 saturated carbocycles. The Bertz CT molecular complexity index is 938. The van der Waals surface area contributed by atoms with Crippen LogP contribution in [0, 0.1) is 6.92 Å². The molecule has 0 unspecified atom stereocenters. The summed E-state index contributed by atoms with van der Waals surface area (Å²) in [6.07, 6.45) is 1.45. The van der Waals surface area contributed by atoms with Gasteiger partial charge in [-0.2, -0.15) is 0 Å². The average Bonchev–Trinajstić information content (AvgIpc) is 2.57. The van der Waals surface area contributed by atoms with Crippen molar-refractivity contribution in [1.29, 1.82) is 0 Å². The highest BCUT2D eigenvalue weighted by Crippen LogP contribution is 2.25. The lowest BCUT2D eigenvalue weighted by Crippen LogP contribution is -2.23. The van der Waals surface area contributed by atoms with Gasteiger partial charge in [0.15, 0.2) is 0 Å². The van der Waals surface area contributed by atoms with Crippen LogP contribution in [0.4, 0.5) is 5.69 Å². The number of benzene rings is 2. The Balaban J connectivity index is 2.17. The van der Waals surface area contributed by atoms with Crippen LogP contribution < -0.4 is 5.56 Å². The molecule has 0 aliphatic rings. The van der Waals surface area contributed by atoms with Gasteiger partial charge in [-0.15, -0.1) is 0 Å². The van der Waals surface area contributed by atoms with Crippen molar-refractivity contribution in [3.8, 4) is 5.75 Å². The number of aliphatic imine (C=N–C) groups is 1. The SMILES string of the molecule is CCn1c(=O)c(C=Nc2ccc(C)cc2)c(O)c2ccccc21. The Morgan fingerprint density at radius 2 is 1.83 bits per heavy atom. The standard InChI is InChI=1S/C19H18N2O2/c1-3-21-17-7-5-4-6-15(17)18(22)16(19(21)23)12-20-14-10-8-13(2)9-11-14/h4-12,22H,3H2,1-2H3. The molecule has 0 fully saturated rings. The van der Waals surface area contributed by atoms with Crippen molar-refractivity contribution in [3.05, 3.63) is 70.0 Å². The number of pyridine rings is 1. The van der Waals surface area contributed by atoms with Gasteiger partial charge >= 0.3 is 0 Å². The summed E-state index contributed by atoms with van der Waals surface area (Å²) in [6, 6.07) is 15.0. The maximum absolute atomic E-state index is 12.6. The Morgan fingerprint density at radius 1 is 1.13 bits per heavy atom. The lowest BCUT2D eigenvalue weighted by molar-refractivity contribution is 0.478. The normalized spacial score (nSPS) is 11.4. The van der Waals surface area contributed by atoms with Gasteiger partial charge in [0.1, 0.15) is 11.3 Å². The minimum absolute atomic E-state index is 0.0221. The molecule has 1 N–H and O–H groups in total. The second kappa shape index (κ2) is 6.08. The van der Waals surface area contributed by atoms with E-state index in [2.05, 4.69) is 4.99 Å². The highest BCUT2D eigenvalue weighted by molar-refractivity contribution is 5.95. The quantitative estimate of drug-likeness (QED) is 0.749. The van der Waals surface area contributed by atoms with Gasteiger partial charge < -0.3 is 9.67 Å². The van der Waals surface area contributed by atoms with E-state index in [0.29, 0.717) is 11.9 Å². The molecule has 4 heteroatoms. The van der Waals surface area contributed by atoms with E-state index in [1.165, 1.54) is 6.21 Å². The zero-order valence-corrected chi connectivity index (χ0v) is 13.2. The third kappa shape index (κ3) is 2.75. The van der Waals surface area contributed by atoms with E-state index < -0.39 is 0 Å². The molecule has 116 valence electrons. The van der Waals surface area contributed by atoms with Gasteiger partial charge in [-0.3, -0.25) is 9.79 Å². The lowest BCUT2D eigenvalue weighted by Gasteiger charge is -2.11. The number of para-hydroxylation sites is 1. The van der Waals surface area contributed by atoms with E-state index in [4.69, 9.17) is 0 Å². The van der Waals surface area contributed by atoms with Gasteiger partial charge in [0, 0.05) is 18.1 Å². The Hall–Kier alpha value is -2.88. The molecule has 0 amide bonds. The molecule has 23 heavy (non-hydrogen) atoms. The third-order valence-electron chi connectivity index (χ3n) is 3.87. The van der Waals surface area contributed by atoms with Crippen LogP contribution in [-0.2, 0) is 6.54 Å². The Morgan fingerprint density at radius 3 is 2.52 bits per heavy atom. The van der Waals surface area contributed by atoms with E-state index in [0.717, 1.165) is 16.8 Å². The summed E-state index contributed by atoms with van der Waals surface area (Å²) in [5.41, 5.74) is 2.59. The molecule has 3 aromatic rings. The second-order valence-corrected chi connectivity index (χ2v) is 5.42. The number of aromatic hydroxyl groups is 1. The molecule has 4 nitrogen and oxygen atoms in total. The maximum atomic E-state index is 12.6. The first-order valence-corrected chi connectivity index (χ1v) is 7.57. The van der Waals surface area contributed by atoms with E-state index in [-0.39, 0.29) is 16.9 Å². The largest absolute Gasteiger partial charge is 0.506 e. The van der Waals surface area contributed by atoms with E-state index in [1.54, 1.807) is 10.6 Å². The second-order valence-electron chi connectivity index (χ2n) is 5.42. The molecule has 0 aliphatic carbocycles. The molecule has 0 spiro atoms. The number of aryl methyl sites for hydroxylation is 2.